The van der Waals surface area contributed by atoms with Crippen molar-refractivity contribution in [1.82, 2.24) is 0 Å². The van der Waals surface area contributed by atoms with E-state index in [-0.39, 0.29) is 36.9 Å². The van der Waals surface area contributed by atoms with E-state index < -0.39 is 15.8 Å². The van der Waals surface area contributed by atoms with E-state index in [0.29, 0.717) is 0 Å². The summed E-state index contributed by atoms with van der Waals surface area (Å²) in [4.78, 5) is 0. The van der Waals surface area contributed by atoms with Gasteiger partial charge in [0, 0.05) is 25.0 Å². The average Bonchev–Trinajstić information content (AvgIpc) is 3.24. The fourth-order valence-corrected chi connectivity index (χ4v) is 13.2. The van der Waals surface area contributed by atoms with Crippen molar-refractivity contribution in [3.05, 3.63) is 193 Å². The normalized spacial score (nSPS) is 17.6. The molecule has 0 fully saturated rings. The van der Waals surface area contributed by atoms with Crippen molar-refractivity contribution < 1.29 is 36.8 Å². The summed E-state index contributed by atoms with van der Waals surface area (Å²) in [6, 6.07) is 57.4. The van der Waals surface area contributed by atoms with E-state index in [2.05, 4.69) is 181 Å². The fraction of sp³-hybridized carbons (Fsp3) is 0.136. The third-order valence-electron chi connectivity index (χ3n) is 9.89. The van der Waals surface area contributed by atoms with Crippen LogP contribution in [0.3, 0.4) is 0 Å². The fourth-order valence-electron chi connectivity index (χ4n) is 8.09. The molecule has 0 radical (unpaired) electrons. The molecule has 0 amide bonds. The van der Waals surface area contributed by atoms with E-state index in [0.717, 1.165) is 0 Å². The third kappa shape index (κ3) is 7.60. The summed E-state index contributed by atoms with van der Waals surface area (Å²) in [5, 5.41) is 30.1. The van der Waals surface area contributed by atoms with Crippen LogP contribution >= 0.6 is 25.5 Å². The number of aliphatic hydroxyl groups excluding tert-OH is 2. The van der Waals surface area contributed by atoms with Gasteiger partial charge in [0.2, 0.25) is 0 Å². The standard InChI is InChI=1S/C42H36O2P2.2CO.ClH.Ru/c43-27-35-36(28-44)42-40-33(23-13-25-37(40)45(29-15-5-1-6-16-29)30-17-7-2-8-18-30)39(35)34-24-14-26-38(41(34)42)46(31-19-9-3-10-20-31)32-21-11-4-12-22-32;2*1-2;;/h1-26,35-36,39,42-44H,27-28H2;;;1H;/q;;;;+1/p-1. The Bertz CT molecular complexity index is 1840. The monoisotopic (exact) mass is 827 g/mol. The Morgan fingerprint density at radius 1 is 0.442 bits per heavy atom. The second kappa shape index (κ2) is 19.5. The summed E-state index contributed by atoms with van der Waals surface area (Å²) >= 11 is 1.82. The molecule has 2 bridgehead atoms. The van der Waals surface area contributed by atoms with Gasteiger partial charge in [-0.15, -0.1) is 0 Å². The number of halogens is 1. The quantitative estimate of drug-likeness (QED) is 0.0784. The maximum absolute atomic E-state index is 11.2. The van der Waals surface area contributed by atoms with Gasteiger partial charge in [0.05, 0.1) is 0 Å². The van der Waals surface area contributed by atoms with E-state index in [1.54, 1.807) is 0 Å². The first kappa shape index (κ1) is 39.7. The average molecular weight is 827 g/mol. The van der Waals surface area contributed by atoms with Crippen molar-refractivity contribution in [2.45, 2.75) is 11.8 Å². The molecule has 261 valence electrons. The van der Waals surface area contributed by atoms with Crippen LogP contribution in [-0.4, -0.2) is 23.4 Å². The number of fused-ring (bicyclic) bond motifs is 1. The van der Waals surface area contributed by atoms with Gasteiger partial charge >= 0.3 is 49.6 Å². The van der Waals surface area contributed by atoms with E-state index >= 15 is 0 Å². The van der Waals surface area contributed by atoms with Gasteiger partial charge in [-0.2, -0.15) is 0 Å². The Morgan fingerprint density at radius 2 is 0.731 bits per heavy atom. The Hall–Kier alpha value is -3.51. The van der Waals surface area contributed by atoms with Crippen LogP contribution in [0, 0.1) is 25.1 Å². The van der Waals surface area contributed by atoms with Crippen molar-refractivity contribution in [3.8, 4) is 0 Å². The number of benzene rings is 6. The zero-order chi connectivity index (χ0) is 37.0. The van der Waals surface area contributed by atoms with Crippen LogP contribution in [0.15, 0.2) is 158 Å². The molecule has 0 aromatic heterocycles. The number of aliphatic hydroxyl groups is 2. The molecule has 6 aromatic carbocycles. The Balaban J connectivity index is 0.000000830. The predicted molar refractivity (Wildman–Crippen MR) is 209 cm³/mol. The summed E-state index contributed by atoms with van der Waals surface area (Å²) < 4.78 is 15.0. The molecule has 3 aliphatic carbocycles. The minimum absolute atomic E-state index is 0.0174. The topological polar surface area (TPSA) is 80.3 Å². The summed E-state index contributed by atoms with van der Waals surface area (Å²) in [5.41, 5.74) is 5.37. The van der Waals surface area contributed by atoms with Gasteiger partial charge in [-0.25, -0.2) is 0 Å². The van der Waals surface area contributed by atoms with Gasteiger partial charge in [0.1, 0.15) is 0 Å². The van der Waals surface area contributed by atoms with Crippen LogP contribution in [0.4, 0.5) is 0 Å². The molecule has 0 saturated heterocycles. The van der Waals surface area contributed by atoms with Gasteiger partial charge in [-0.05, 0) is 81.8 Å². The Labute approximate surface area is 322 Å². The molecule has 3 aliphatic rings. The van der Waals surface area contributed by atoms with Crippen LogP contribution in [-0.2, 0) is 26.6 Å². The minimum atomic E-state index is -0.856. The molecule has 0 aliphatic heterocycles. The molecule has 2 atom stereocenters. The molecule has 9 rings (SSSR count). The summed E-state index contributed by atoms with van der Waals surface area (Å²) in [7, 11) is 2.86. The van der Waals surface area contributed by atoms with Crippen molar-refractivity contribution in [1.29, 1.82) is 0 Å². The van der Waals surface area contributed by atoms with Gasteiger partial charge in [-0.3, -0.25) is 0 Å². The van der Waals surface area contributed by atoms with Gasteiger partial charge < -0.3 is 10.2 Å². The van der Waals surface area contributed by atoms with Crippen LogP contribution in [0.2, 0.25) is 0 Å². The number of hydrogen-bond acceptors (Lipinski definition) is 2. The van der Waals surface area contributed by atoms with Crippen LogP contribution in [0.1, 0.15) is 34.1 Å². The molecular formula is C44H36ClO4P2Ru. The van der Waals surface area contributed by atoms with Gasteiger partial charge in [-0.1, -0.05) is 158 Å². The van der Waals surface area contributed by atoms with Gasteiger partial charge in [0.15, 0.2) is 0 Å². The van der Waals surface area contributed by atoms with E-state index in [9.17, 15) is 10.2 Å². The second-order valence-electron chi connectivity index (χ2n) is 12.2. The van der Waals surface area contributed by atoms with Crippen molar-refractivity contribution in [2.24, 2.45) is 11.8 Å². The molecule has 2 N–H and O–H groups in total. The first-order chi connectivity index (χ1) is 25.8. The van der Waals surface area contributed by atoms with Crippen molar-refractivity contribution >= 4 is 57.4 Å². The molecule has 6 aromatic rings. The first-order valence-electron chi connectivity index (χ1n) is 16.6. The Kier molecular flexibility index (Phi) is 14.9. The molecule has 52 heavy (non-hydrogen) atoms. The third-order valence-corrected chi connectivity index (χ3v) is 14.9. The van der Waals surface area contributed by atoms with Crippen molar-refractivity contribution in [2.75, 3.05) is 13.2 Å². The van der Waals surface area contributed by atoms with Gasteiger partial charge in [0.25, 0.3) is 0 Å². The van der Waals surface area contributed by atoms with Crippen LogP contribution < -0.4 is 31.8 Å². The summed E-state index contributed by atoms with van der Waals surface area (Å²) in [6.45, 7) is 9.09. The molecular weight excluding hydrogens is 791 g/mol. The van der Waals surface area contributed by atoms with E-state index in [1.807, 2.05) is 17.3 Å². The maximum atomic E-state index is 11.2. The zero-order valence-corrected chi connectivity index (χ0v) is 32.4. The second-order valence-corrected chi connectivity index (χ2v) is 16.6. The van der Waals surface area contributed by atoms with E-state index in [4.69, 9.17) is 9.30 Å². The van der Waals surface area contributed by atoms with Crippen LogP contribution in [0.25, 0.3) is 0 Å². The molecule has 0 spiro atoms. The number of rotatable bonds is 8. The zero-order valence-electron chi connectivity index (χ0n) is 28.1. The van der Waals surface area contributed by atoms with E-state index in [1.165, 1.54) is 54.1 Å². The Morgan fingerprint density at radius 3 is 1.02 bits per heavy atom. The molecule has 2 unspecified atom stereocenters. The SMILES string of the molecule is OCC1C2c3cccc(P(c4ccccc4)c4ccccc4)c3C(c3c2cccc3P(c2ccccc2)c2ccccc2)C1CO.[C-]#[O+].[C-]#[O+].[Cl][Ru]. The summed E-state index contributed by atoms with van der Waals surface area (Å²) in [6.07, 6.45) is 0. The summed E-state index contributed by atoms with van der Waals surface area (Å²) in [5.74, 6) is -0.132. The predicted octanol–water partition coefficient (Wildman–Crippen LogP) is 6.62. The van der Waals surface area contributed by atoms with Crippen LogP contribution in [0.5, 0.6) is 0 Å². The molecule has 0 heterocycles. The molecule has 8 heteroatoms. The molecule has 4 nitrogen and oxygen atoms in total. The molecule has 0 saturated carbocycles. The first-order valence-corrected chi connectivity index (χ1v) is 21.5. The number of hydrogen-bond donors (Lipinski definition) is 2. The van der Waals surface area contributed by atoms with Crippen molar-refractivity contribution in [3.63, 3.8) is 0 Å².